The third-order valence-electron chi connectivity index (χ3n) is 8.67. The maximum atomic E-state index is 14.6. The number of unbranched alkanes of at least 4 members (excludes halogenated alkanes) is 2. The first kappa shape index (κ1) is 35.2. The lowest BCUT2D eigenvalue weighted by atomic mass is 9.75. The molecule has 1 saturated heterocycles. The third kappa shape index (κ3) is 7.02. The minimum absolute atomic E-state index is 0.0241. The zero-order valence-electron chi connectivity index (χ0n) is 26.2. The van der Waals surface area contributed by atoms with Gasteiger partial charge in [0.2, 0.25) is 5.72 Å². The predicted octanol–water partition coefficient (Wildman–Crippen LogP) is 1.99. The van der Waals surface area contributed by atoms with E-state index in [9.17, 15) is 19.8 Å². The lowest BCUT2D eigenvalue weighted by molar-refractivity contribution is -0.167. The molecule has 0 unspecified atom stereocenters. The summed E-state index contributed by atoms with van der Waals surface area (Å²) < 4.78 is 1.67. The van der Waals surface area contributed by atoms with Crippen LogP contribution in [0.4, 0.5) is 0 Å². The quantitative estimate of drug-likeness (QED) is 0.0518. The monoisotopic (exact) mass is 786 g/mol. The van der Waals surface area contributed by atoms with Gasteiger partial charge in [-0.25, -0.2) is 0 Å². The van der Waals surface area contributed by atoms with Crippen molar-refractivity contribution in [2.75, 3.05) is 26.2 Å². The molecule has 0 spiro atoms. The molecule has 3 atom stereocenters. The van der Waals surface area contributed by atoms with Crippen molar-refractivity contribution < 1.29 is 19.8 Å². The predicted molar refractivity (Wildman–Crippen MR) is 193 cm³/mol. The molecule has 1 fully saturated rings. The zero-order chi connectivity index (χ0) is 34.6. The number of aliphatic imine (C=N–C) groups is 2. The van der Waals surface area contributed by atoms with Crippen molar-refractivity contribution in [3.05, 3.63) is 68.9 Å². The van der Waals surface area contributed by atoms with E-state index in [0.717, 1.165) is 24.7 Å². The number of nitrogens with two attached hydrogens (primary N) is 4. The number of hydrogen-bond acceptors (Lipinski definition) is 6. The van der Waals surface area contributed by atoms with Crippen LogP contribution in [-0.2, 0) is 16.0 Å². The van der Waals surface area contributed by atoms with E-state index in [4.69, 9.17) is 22.9 Å². The number of guanidine groups is 2. The molecule has 14 nitrogen and oxygen atoms in total. The van der Waals surface area contributed by atoms with Gasteiger partial charge in [0.25, 0.3) is 11.8 Å². The summed E-state index contributed by atoms with van der Waals surface area (Å²) in [5.41, 5.74) is 19.6. The van der Waals surface area contributed by atoms with Crippen molar-refractivity contribution in [1.29, 1.82) is 0 Å². The van der Waals surface area contributed by atoms with Crippen LogP contribution in [0.3, 0.4) is 0 Å². The van der Waals surface area contributed by atoms with Gasteiger partial charge in [0.15, 0.2) is 17.5 Å². The standard InChI is InChI=1S/C32H40Br2N10O4/c33-19-5-7-21-18(16-42-24(21)13-19)15-31(47)26(23-17-43-25-14-20(34)6-8-22(23)25)32(48,27(45)39-9-1-2-10-40-29(35)36)44(28(31)46)12-4-3-11-41-30(37)38/h5-8,13-14,16-17,26,42-43,47-48H,1-4,9-12,15H2,(H,39,45)(H4,35,36,40)(H4,37,38,41)/t26-,31-,32+/m1/s1. The summed E-state index contributed by atoms with van der Waals surface area (Å²) in [4.78, 5) is 44.3. The molecule has 2 aromatic heterocycles. The summed E-state index contributed by atoms with van der Waals surface area (Å²) in [6.45, 7) is 0.801. The number of aromatic amines is 2. The maximum Gasteiger partial charge on any atom is 0.274 e. The van der Waals surface area contributed by atoms with Gasteiger partial charge in [-0.15, -0.1) is 0 Å². The van der Waals surface area contributed by atoms with E-state index < -0.39 is 29.1 Å². The van der Waals surface area contributed by atoms with Crippen molar-refractivity contribution in [3.8, 4) is 0 Å². The minimum atomic E-state index is -2.47. The number of rotatable bonds is 14. The first-order valence-corrected chi connectivity index (χ1v) is 17.1. The number of nitrogens with one attached hydrogen (secondary N) is 3. The molecule has 13 N–H and O–H groups in total. The number of benzene rings is 2. The van der Waals surface area contributed by atoms with E-state index in [1.165, 1.54) is 0 Å². The molecule has 0 saturated carbocycles. The average molecular weight is 789 g/mol. The largest absolute Gasteiger partial charge is 0.379 e. The Bertz CT molecular complexity index is 1870. The van der Waals surface area contributed by atoms with E-state index >= 15 is 0 Å². The second-order valence-electron chi connectivity index (χ2n) is 11.9. The summed E-state index contributed by atoms with van der Waals surface area (Å²) in [5.74, 6) is -3.06. The fraction of sp³-hybridized carbons (Fsp3) is 0.375. The number of fused-ring (bicyclic) bond motifs is 2. The van der Waals surface area contributed by atoms with Gasteiger partial charge in [-0.1, -0.05) is 44.0 Å². The second kappa shape index (κ2) is 14.6. The van der Waals surface area contributed by atoms with Gasteiger partial charge in [-0.2, -0.15) is 0 Å². The minimum Gasteiger partial charge on any atom is -0.379 e. The molecule has 16 heteroatoms. The van der Waals surface area contributed by atoms with E-state index in [2.05, 4.69) is 57.1 Å². The third-order valence-corrected chi connectivity index (χ3v) is 9.65. The van der Waals surface area contributed by atoms with Crippen LogP contribution in [0.1, 0.15) is 42.7 Å². The molecule has 0 bridgehead atoms. The Balaban J connectivity index is 1.58. The lowest BCUT2D eigenvalue weighted by Crippen LogP contribution is -2.59. The number of hydrogen-bond donors (Lipinski definition) is 9. The van der Waals surface area contributed by atoms with Crippen LogP contribution < -0.4 is 28.3 Å². The number of carbonyl (C=O) groups is 2. The van der Waals surface area contributed by atoms with E-state index in [1.807, 2.05) is 36.4 Å². The van der Waals surface area contributed by atoms with Crippen LogP contribution in [0.2, 0.25) is 0 Å². The Morgan fingerprint density at radius 2 is 1.46 bits per heavy atom. The van der Waals surface area contributed by atoms with E-state index in [1.54, 1.807) is 12.4 Å². The Morgan fingerprint density at radius 3 is 2.10 bits per heavy atom. The highest BCUT2D eigenvalue weighted by Gasteiger charge is 2.70. The summed E-state index contributed by atoms with van der Waals surface area (Å²) in [5, 5.41) is 29.7. The van der Waals surface area contributed by atoms with Gasteiger partial charge in [-0.3, -0.25) is 19.6 Å². The summed E-state index contributed by atoms with van der Waals surface area (Å²) in [6.07, 6.45) is 5.09. The summed E-state index contributed by atoms with van der Waals surface area (Å²) in [6, 6.07) is 11.1. The SMILES string of the molecule is NC(N)=NCCCCNC(=O)[C@@]1(O)[C@H](c2c[nH]c3cc(Br)ccc23)[C@](O)(Cc2c[nH]c3cc(Br)ccc23)C(=O)N1CCCCN=C(N)N. The van der Waals surface area contributed by atoms with Crippen LogP contribution in [0, 0.1) is 0 Å². The van der Waals surface area contributed by atoms with Gasteiger partial charge < -0.3 is 53.3 Å². The van der Waals surface area contributed by atoms with Crippen LogP contribution in [0.25, 0.3) is 21.8 Å². The molecule has 0 aliphatic carbocycles. The lowest BCUT2D eigenvalue weighted by Gasteiger charge is -2.37. The van der Waals surface area contributed by atoms with E-state index in [0.29, 0.717) is 60.8 Å². The molecule has 1 aliphatic heterocycles. The number of amides is 2. The Morgan fingerprint density at radius 1 is 0.875 bits per heavy atom. The van der Waals surface area contributed by atoms with E-state index in [-0.39, 0.29) is 31.4 Å². The number of likely N-dealkylation sites (tertiary alicyclic amines) is 1. The molecule has 48 heavy (non-hydrogen) atoms. The molecule has 0 radical (unpaired) electrons. The summed E-state index contributed by atoms with van der Waals surface area (Å²) in [7, 11) is 0. The topological polar surface area (TPSA) is 250 Å². The molecular formula is C32H40Br2N10O4. The molecule has 2 amide bonds. The molecular weight excluding hydrogens is 748 g/mol. The molecule has 4 aromatic rings. The second-order valence-corrected chi connectivity index (χ2v) is 13.8. The van der Waals surface area contributed by atoms with Gasteiger partial charge in [0.05, 0.1) is 5.92 Å². The number of carbonyl (C=O) groups excluding carboxylic acids is 2. The Kier molecular flexibility index (Phi) is 10.7. The van der Waals surface area contributed by atoms with Crippen LogP contribution in [0.15, 0.2) is 67.7 Å². The first-order valence-electron chi connectivity index (χ1n) is 15.5. The van der Waals surface area contributed by atoms with Crippen molar-refractivity contribution in [3.63, 3.8) is 0 Å². The Labute approximate surface area is 293 Å². The maximum absolute atomic E-state index is 14.6. The van der Waals surface area contributed by atoms with Crippen LogP contribution >= 0.6 is 31.9 Å². The van der Waals surface area contributed by atoms with Crippen LogP contribution in [-0.4, -0.2) is 86.3 Å². The van der Waals surface area contributed by atoms with Gasteiger partial charge >= 0.3 is 0 Å². The highest BCUT2D eigenvalue weighted by Crippen LogP contribution is 2.51. The van der Waals surface area contributed by atoms with Gasteiger partial charge in [0, 0.05) is 75.7 Å². The zero-order valence-corrected chi connectivity index (χ0v) is 29.4. The number of aromatic nitrogens is 2. The first-order chi connectivity index (χ1) is 22.9. The molecule has 5 rings (SSSR count). The normalized spacial score (nSPS) is 20.8. The van der Waals surface area contributed by atoms with Crippen molar-refractivity contribution >= 4 is 77.4 Å². The molecule has 1 aliphatic rings. The average Bonchev–Trinajstić information content (AvgIpc) is 3.66. The number of halogens is 2. The number of nitrogens with zero attached hydrogens (tertiary/aromatic N) is 3. The molecule has 256 valence electrons. The van der Waals surface area contributed by atoms with Crippen molar-refractivity contribution in [2.45, 2.75) is 49.3 Å². The smallest absolute Gasteiger partial charge is 0.274 e. The highest BCUT2D eigenvalue weighted by molar-refractivity contribution is 9.10. The summed E-state index contributed by atoms with van der Waals surface area (Å²) >= 11 is 6.97. The van der Waals surface area contributed by atoms with Crippen molar-refractivity contribution in [2.24, 2.45) is 32.9 Å². The van der Waals surface area contributed by atoms with Crippen molar-refractivity contribution in [1.82, 2.24) is 20.2 Å². The molecule has 2 aromatic carbocycles. The fourth-order valence-corrected chi connectivity index (χ4v) is 7.22. The number of aliphatic hydroxyl groups is 2. The van der Waals surface area contributed by atoms with Gasteiger partial charge in [0.1, 0.15) is 0 Å². The molecule has 3 heterocycles. The highest BCUT2D eigenvalue weighted by atomic mass is 79.9. The fourth-order valence-electron chi connectivity index (χ4n) is 6.50. The van der Waals surface area contributed by atoms with Crippen LogP contribution in [0.5, 0.6) is 0 Å². The Hall–Kier alpha value is -4.12. The van der Waals surface area contributed by atoms with Gasteiger partial charge in [-0.05, 0) is 61.1 Å². The number of H-pyrrole nitrogens is 2.